The van der Waals surface area contributed by atoms with E-state index in [4.69, 9.17) is 9.84 Å². The number of rotatable bonds is 7. The van der Waals surface area contributed by atoms with Crippen LogP contribution in [0.15, 0.2) is 42.9 Å². The molecule has 0 aliphatic heterocycles. The number of hydrogen-bond donors (Lipinski definition) is 3. The van der Waals surface area contributed by atoms with Gasteiger partial charge < -0.3 is 20.1 Å². The second-order valence-corrected chi connectivity index (χ2v) is 4.34. The van der Waals surface area contributed by atoms with Gasteiger partial charge in [-0.25, -0.2) is 9.78 Å². The van der Waals surface area contributed by atoms with Gasteiger partial charge in [0.15, 0.2) is 6.61 Å². The van der Waals surface area contributed by atoms with Crippen molar-refractivity contribution in [2.45, 2.75) is 12.5 Å². The van der Waals surface area contributed by atoms with Crippen molar-refractivity contribution in [3.8, 4) is 5.75 Å². The van der Waals surface area contributed by atoms with Crippen LogP contribution in [0.3, 0.4) is 0 Å². The van der Waals surface area contributed by atoms with Gasteiger partial charge in [0, 0.05) is 18.3 Å². The molecule has 0 bridgehead atoms. The van der Waals surface area contributed by atoms with Crippen molar-refractivity contribution >= 4 is 11.9 Å². The fraction of sp³-hybridized carbons (Fsp3) is 0.214. The number of H-pyrrole nitrogens is 1. The number of aliphatic carboxylic acids is 1. The van der Waals surface area contributed by atoms with E-state index in [9.17, 15) is 9.59 Å². The van der Waals surface area contributed by atoms with Gasteiger partial charge >= 0.3 is 5.97 Å². The van der Waals surface area contributed by atoms with E-state index in [1.165, 1.54) is 12.5 Å². The smallest absolute Gasteiger partial charge is 0.326 e. The number of nitrogens with zero attached hydrogens (tertiary/aromatic N) is 1. The molecule has 7 nitrogen and oxygen atoms in total. The topological polar surface area (TPSA) is 104 Å². The molecular weight excluding hydrogens is 274 g/mol. The van der Waals surface area contributed by atoms with E-state index < -0.39 is 17.9 Å². The molecule has 1 atom stereocenters. The Balaban J connectivity index is 1.85. The summed E-state index contributed by atoms with van der Waals surface area (Å²) in [6.07, 6.45) is 3.10. The van der Waals surface area contributed by atoms with Crippen LogP contribution in [-0.4, -0.2) is 39.6 Å². The molecule has 2 aromatic rings. The molecule has 1 heterocycles. The fourth-order valence-corrected chi connectivity index (χ4v) is 1.72. The molecular formula is C14H15N3O4. The Morgan fingerprint density at radius 3 is 2.71 bits per heavy atom. The molecule has 0 fully saturated rings. The summed E-state index contributed by atoms with van der Waals surface area (Å²) in [5.41, 5.74) is 0.631. The zero-order valence-corrected chi connectivity index (χ0v) is 11.2. The van der Waals surface area contributed by atoms with Crippen LogP contribution in [0.1, 0.15) is 5.69 Å². The third-order valence-electron chi connectivity index (χ3n) is 2.73. The van der Waals surface area contributed by atoms with Crippen LogP contribution in [0, 0.1) is 0 Å². The van der Waals surface area contributed by atoms with Gasteiger partial charge in [-0.3, -0.25) is 4.79 Å². The summed E-state index contributed by atoms with van der Waals surface area (Å²) in [7, 11) is 0. The van der Waals surface area contributed by atoms with Crippen LogP contribution in [0.5, 0.6) is 5.75 Å². The monoisotopic (exact) mass is 289 g/mol. The summed E-state index contributed by atoms with van der Waals surface area (Å²) in [6.45, 7) is -0.239. The Kier molecular flexibility index (Phi) is 4.92. The Bertz CT molecular complexity index is 584. The summed E-state index contributed by atoms with van der Waals surface area (Å²) in [5, 5.41) is 11.5. The lowest BCUT2D eigenvalue weighted by Crippen LogP contribution is -2.44. The van der Waals surface area contributed by atoms with Crippen LogP contribution in [0.4, 0.5) is 0 Å². The summed E-state index contributed by atoms with van der Waals surface area (Å²) < 4.78 is 5.26. The minimum atomic E-state index is -1.11. The number of carbonyl (C=O) groups excluding carboxylic acids is 1. The number of amides is 1. The van der Waals surface area contributed by atoms with Crippen LogP contribution in [0.2, 0.25) is 0 Å². The zero-order valence-electron chi connectivity index (χ0n) is 11.2. The van der Waals surface area contributed by atoms with Gasteiger partial charge in [0.2, 0.25) is 0 Å². The fourth-order valence-electron chi connectivity index (χ4n) is 1.72. The molecule has 21 heavy (non-hydrogen) atoms. The van der Waals surface area contributed by atoms with Crippen molar-refractivity contribution < 1.29 is 19.4 Å². The summed E-state index contributed by atoms with van der Waals surface area (Å²) in [4.78, 5) is 29.5. The number of carbonyl (C=O) groups is 2. The second kappa shape index (κ2) is 7.09. The van der Waals surface area contributed by atoms with Gasteiger partial charge in [-0.15, -0.1) is 0 Å². The number of carboxylic acids is 1. The Morgan fingerprint density at radius 1 is 1.33 bits per heavy atom. The highest BCUT2D eigenvalue weighted by Crippen LogP contribution is 2.07. The Labute approximate surface area is 121 Å². The van der Waals surface area contributed by atoms with Crippen molar-refractivity contribution in [2.75, 3.05) is 6.61 Å². The zero-order chi connectivity index (χ0) is 15.1. The van der Waals surface area contributed by atoms with Gasteiger partial charge in [0.1, 0.15) is 11.8 Å². The molecule has 0 radical (unpaired) electrons. The summed E-state index contributed by atoms with van der Waals surface area (Å²) in [5.74, 6) is -1.06. The van der Waals surface area contributed by atoms with E-state index in [-0.39, 0.29) is 13.0 Å². The van der Waals surface area contributed by atoms with Crippen molar-refractivity contribution in [3.63, 3.8) is 0 Å². The summed E-state index contributed by atoms with van der Waals surface area (Å²) >= 11 is 0. The summed E-state index contributed by atoms with van der Waals surface area (Å²) in [6, 6.07) is 7.80. The highest BCUT2D eigenvalue weighted by Gasteiger charge is 2.21. The van der Waals surface area contributed by atoms with Gasteiger partial charge in [-0.05, 0) is 12.1 Å². The maximum Gasteiger partial charge on any atom is 0.326 e. The van der Waals surface area contributed by atoms with E-state index in [2.05, 4.69) is 15.3 Å². The van der Waals surface area contributed by atoms with Gasteiger partial charge in [0.25, 0.3) is 5.91 Å². The van der Waals surface area contributed by atoms with Crippen LogP contribution in [0.25, 0.3) is 0 Å². The molecule has 0 unspecified atom stereocenters. The largest absolute Gasteiger partial charge is 0.484 e. The Hall–Kier alpha value is -2.83. The standard InChI is InChI=1S/C14H15N3O4/c18-13(8-21-11-4-2-1-3-5-11)17-12(14(19)20)6-10-7-15-9-16-10/h1-5,7,9,12H,6,8H2,(H,15,16)(H,17,18)(H,19,20)/t12-/m0/s1. The Morgan fingerprint density at radius 2 is 2.10 bits per heavy atom. The minimum absolute atomic E-state index is 0.131. The first-order valence-corrected chi connectivity index (χ1v) is 6.32. The number of aromatic nitrogens is 2. The number of para-hydroxylation sites is 1. The molecule has 0 saturated carbocycles. The normalized spacial score (nSPS) is 11.6. The van der Waals surface area contributed by atoms with Crippen LogP contribution < -0.4 is 10.1 Å². The number of aromatic amines is 1. The molecule has 0 aliphatic carbocycles. The first kappa shape index (κ1) is 14.6. The minimum Gasteiger partial charge on any atom is -0.484 e. The van der Waals surface area contributed by atoms with Crippen molar-refractivity contribution in [1.29, 1.82) is 0 Å². The molecule has 0 aliphatic rings. The predicted octanol–water partition coefficient (Wildman–Crippen LogP) is 0.601. The molecule has 0 spiro atoms. The number of benzene rings is 1. The number of nitrogens with one attached hydrogen (secondary N) is 2. The van der Waals surface area contributed by atoms with E-state index in [1.807, 2.05) is 6.07 Å². The lowest BCUT2D eigenvalue weighted by Gasteiger charge is -2.14. The van der Waals surface area contributed by atoms with E-state index in [0.717, 1.165) is 0 Å². The third-order valence-corrected chi connectivity index (χ3v) is 2.73. The highest BCUT2D eigenvalue weighted by atomic mass is 16.5. The quantitative estimate of drug-likeness (QED) is 0.692. The van der Waals surface area contributed by atoms with E-state index in [1.54, 1.807) is 24.3 Å². The molecule has 3 N–H and O–H groups in total. The molecule has 1 aromatic carbocycles. The van der Waals surface area contributed by atoms with E-state index >= 15 is 0 Å². The first-order chi connectivity index (χ1) is 10.1. The van der Waals surface area contributed by atoms with Crippen molar-refractivity contribution in [3.05, 3.63) is 48.5 Å². The first-order valence-electron chi connectivity index (χ1n) is 6.32. The van der Waals surface area contributed by atoms with E-state index in [0.29, 0.717) is 11.4 Å². The number of imidazole rings is 1. The molecule has 2 rings (SSSR count). The van der Waals surface area contributed by atoms with Crippen LogP contribution in [-0.2, 0) is 16.0 Å². The van der Waals surface area contributed by atoms with Crippen molar-refractivity contribution in [2.24, 2.45) is 0 Å². The number of hydrogen-bond acceptors (Lipinski definition) is 4. The molecule has 1 aromatic heterocycles. The second-order valence-electron chi connectivity index (χ2n) is 4.34. The third kappa shape index (κ3) is 4.64. The van der Waals surface area contributed by atoms with Gasteiger partial charge in [-0.2, -0.15) is 0 Å². The average molecular weight is 289 g/mol. The number of ether oxygens (including phenoxy) is 1. The SMILES string of the molecule is O=C(COc1ccccc1)N[C@@H](Cc1cnc[nH]1)C(=O)O. The molecule has 7 heteroatoms. The lowest BCUT2D eigenvalue weighted by molar-refractivity contribution is -0.142. The molecule has 110 valence electrons. The highest BCUT2D eigenvalue weighted by molar-refractivity contribution is 5.84. The maximum absolute atomic E-state index is 11.7. The molecule has 0 saturated heterocycles. The van der Waals surface area contributed by atoms with Crippen LogP contribution >= 0.6 is 0 Å². The number of carboxylic acid groups (broad SMARTS) is 1. The molecule has 1 amide bonds. The van der Waals surface area contributed by atoms with Crippen molar-refractivity contribution in [1.82, 2.24) is 15.3 Å². The maximum atomic E-state index is 11.7. The predicted molar refractivity (Wildman–Crippen MR) is 73.8 cm³/mol. The van der Waals surface area contributed by atoms with Gasteiger partial charge in [-0.1, -0.05) is 18.2 Å². The average Bonchev–Trinajstić information content (AvgIpc) is 2.98. The van der Waals surface area contributed by atoms with Gasteiger partial charge in [0.05, 0.1) is 6.33 Å². The lowest BCUT2D eigenvalue weighted by atomic mass is 10.1.